The van der Waals surface area contributed by atoms with E-state index in [4.69, 9.17) is 5.73 Å². The molecular weight excluding hydrogens is 321 g/mol. The summed E-state index contributed by atoms with van der Waals surface area (Å²) < 4.78 is 66.2. The number of alkyl halides is 3. The Bertz CT molecular complexity index is 694. The van der Waals surface area contributed by atoms with Crippen molar-refractivity contribution in [3.05, 3.63) is 11.8 Å². The van der Waals surface area contributed by atoms with Crippen LogP contribution in [0, 0.1) is 5.41 Å². The highest BCUT2D eigenvalue weighted by Gasteiger charge is 2.53. The summed E-state index contributed by atoms with van der Waals surface area (Å²) in [6.07, 6.45) is -1.62. The Labute approximate surface area is 126 Å². The van der Waals surface area contributed by atoms with Crippen molar-refractivity contribution in [3.63, 3.8) is 0 Å². The van der Waals surface area contributed by atoms with E-state index in [2.05, 4.69) is 5.10 Å². The van der Waals surface area contributed by atoms with Gasteiger partial charge in [-0.25, -0.2) is 8.42 Å². The third-order valence-corrected chi connectivity index (χ3v) is 6.73. The molecule has 0 amide bonds. The molecule has 1 saturated carbocycles. The van der Waals surface area contributed by atoms with Gasteiger partial charge in [0, 0.05) is 31.6 Å². The summed E-state index contributed by atoms with van der Waals surface area (Å²) in [6, 6.07) is -0.335. The van der Waals surface area contributed by atoms with Gasteiger partial charge < -0.3 is 5.73 Å². The highest BCUT2D eigenvalue weighted by atomic mass is 32.2. The van der Waals surface area contributed by atoms with Crippen LogP contribution in [-0.4, -0.2) is 41.6 Å². The zero-order valence-electron chi connectivity index (χ0n) is 12.0. The van der Waals surface area contributed by atoms with E-state index in [1.165, 1.54) is 7.05 Å². The molecule has 2 fully saturated rings. The number of rotatable bonds is 2. The summed E-state index contributed by atoms with van der Waals surface area (Å²) in [5.74, 6) is 0. The van der Waals surface area contributed by atoms with Crippen molar-refractivity contribution in [2.75, 3.05) is 13.1 Å². The van der Waals surface area contributed by atoms with Gasteiger partial charge in [-0.3, -0.25) is 4.68 Å². The summed E-state index contributed by atoms with van der Waals surface area (Å²) in [6.45, 7) is 0.226. The van der Waals surface area contributed by atoms with Crippen LogP contribution in [0.25, 0.3) is 0 Å². The molecular formula is C12H17F3N4O2S. The lowest BCUT2D eigenvalue weighted by Crippen LogP contribution is -2.45. The van der Waals surface area contributed by atoms with Gasteiger partial charge in [0.1, 0.15) is 5.56 Å². The lowest BCUT2D eigenvalue weighted by molar-refractivity contribution is -0.140. The van der Waals surface area contributed by atoms with E-state index in [-0.39, 0.29) is 24.5 Å². The van der Waals surface area contributed by atoms with E-state index in [0.717, 1.165) is 28.2 Å². The van der Waals surface area contributed by atoms with Gasteiger partial charge in [0.05, 0.1) is 6.20 Å². The molecule has 1 aromatic rings. The van der Waals surface area contributed by atoms with Crippen molar-refractivity contribution in [1.82, 2.24) is 14.1 Å². The first-order chi connectivity index (χ1) is 10.1. The minimum Gasteiger partial charge on any atom is -0.326 e. The minimum absolute atomic E-state index is 0.0464. The predicted octanol–water partition coefficient (Wildman–Crippen LogP) is 0.941. The maximum atomic E-state index is 13.0. The van der Waals surface area contributed by atoms with Gasteiger partial charge in [-0.15, -0.1) is 0 Å². The summed E-state index contributed by atoms with van der Waals surface area (Å²) in [7, 11) is -3.09. The van der Waals surface area contributed by atoms with Gasteiger partial charge in [0.25, 0.3) is 10.0 Å². The summed E-state index contributed by atoms with van der Waals surface area (Å²) in [4.78, 5) is 0. The van der Waals surface area contributed by atoms with Crippen LogP contribution < -0.4 is 5.73 Å². The molecule has 1 unspecified atom stereocenters. The zero-order valence-corrected chi connectivity index (χ0v) is 12.8. The molecule has 6 nitrogen and oxygen atoms in total. The molecule has 1 spiro atoms. The quantitative estimate of drug-likeness (QED) is 0.870. The Morgan fingerprint density at radius 3 is 2.50 bits per heavy atom. The van der Waals surface area contributed by atoms with Gasteiger partial charge in [0.2, 0.25) is 0 Å². The minimum atomic E-state index is -4.77. The Balaban J connectivity index is 2.00. The van der Waals surface area contributed by atoms with E-state index in [1.54, 1.807) is 0 Å². The lowest BCUT2D eigenvalue weighted by atomic mass is 9.66. The second kappa shape index (κ2) is 4.68. The summed E-state index contributed by atoms with van der Waals surface area (Å²) in [5, 5.41) is 2.65. The number of nitrogens with two attached hydrogens (primary N) is 1. The molecule has 22 heavy (non-hydrogen) atoms. The zero-order chi connectivity index (χ0) is 16.3. The Morgan fingerprint density at radius 1 is 1.41 bits per heavy atom. The topological polar surface area (TPSA) is 81.2 Å². The molecule has 1 aliphatic heterocycles. The first-order valence-electron chi connectivity index (χ1n) is 6.93. The molecule has 1 saturated heterocycles. The van der Waals surface area contributed by atoms with Gasteiger partial charge in [-0.2, -0.15) is 22.6 Å². The van der Waals surface area contributed by atoms with E-state index in [0.29, 0.717) is 6.20 Å². The summed E-state index contributed by atoms with van der Waals surface area (Å²) >= 11 is 0. The smallest absolute Gasteiger partial charge is 0.326 e. The molecule has 0 aromatic carbocycles. The third-order valence-electron chi connectivity index (χ3n) is 4.80. The maximum absolute atomic E-state index is 13.0. The Morgan fingerprint density at radius 2 is 2.05 bits per heavy atom. The number of nitrogens with zero attached hydrogens (tertiary/aromatic N) is 3. The lowest BCUT2D eigenvalue weighted by Gasteiger charge is -2.41. The van der Waals surface area contributed by atoms with E-state index < -0.39 is 26.8 Å². The molecule has 1 aliphatic carbocycles. The van der Waals surface area contributed by atoms with Gasteiger partial charge in [-0.1, -0.05) is 6.42 Å². The molecule has 1 aromatic heterocycles. The normalized spacial score (nSPS) is 25.6. The molecule has 0 radical (unpaired) electrons. The van der Waals surface area contributed by atoms with Crippen LogP contribution in [0.3, 0.4) is 0 Å². The van der Waals surface area contributed by atoms with Crippen molar-refractivity contribution in [2.45, 2.75) is 36.5 Å². The number of hydrogen-bond acceptors (Lipinski definition) is 4. The first kappa shape index (κ1) is 15.8. The number of aryl methyl sites for hydroxylation is 1. The SMILES string of the molecule is Cn1ncc(C(F)(F)F)c1S(=O)(=O)N1CC(N)C2(CCC2)C1. The first-order valence-corrected chi connectivity index (χ1v) is 8.37. The van der Waals surface area contributed by atoms with Crippen LogP contribution in [0.15, 0.2) is 11.2 Å². The van der Waals surface area contributed by atoms with Gasteiger partial charge in [0.15, 0.2) is 5.03 Å². The molecule has 0 bridgehead atoms. The van der Waals surface area contributed by atoms with Crippen molar-refractivity contribution < 1.29 is 21.6 Å². The van der Waals surface area contributed by atoms with E-state index >= 15 is 0 Å². The molecule has 2 aliphatic rings. The summed E-state index contributed by atoms with van der Waals surface area (Å²) in [5.41, 5.74) is 4.52. The second-order valence-corrected chi connectivity index (χ2v) is 7.96. The molecule has 124 valence electrons. The Kier molecular flexibility index (Phi) is 3.35. The van der Waals surface area contributed by atoms with Crippen LogP contribution in [0.4, 0.5) is 13.2 Å². The molecule has 10 heteroatoms. The van der Waals surface area contributed by atoms with Crippen molar-refractivity contribution in [2.24, 2.45) is 18.2 Å². The molecule has 1 atom stereocenters. The van der Waals surface area contributed by atoms with Gasteiger partial charge in [-0.05, 0) is 12.8 Å². The Hall–Kier alpha value is -1.13. The largest absolute Gasteiger partial charge is 0.420 e. The number of hydrogen-bond donors (Lipinski definition) is 1. The number of aromatic nitrogens is 2. The maximum Gasteiger partial charge on any atom is 0.420 e. The average Bonchev–Trinajstić information content (AvgIpc) is 2.89. The number of halogens is 3. The molecule has 3 rings (SSSR count). The van der Waals surface area contributed by atoms with Crippen molar-refractivity contribution >= 4 is 10.0 Å². The van der Waals surface area contributed by atoms with Crippen LogP contribution >= 0.6 is 0 Å². The fourth-order valence-corrected chi connectivity index (χ4v) is 5.19. The van der Waals surface area contributed by atoms with Crippen LogP contribution in [0.1, 0.15) is 24.8 Å². The second-order valence-electron chi connectivity index (χ2n) is 6.10. The van der Waals surface area contributed by atoms with Gasteiger partial charge >= 0.3 is 6.18 Å². The van der Waals surface area contributed by atoms with E-state index in [9.17, 15) is 21.6 Å². The predicted molar refractivity (Wildman–Crippen MR) is 71.2 cm³/mol. The van der Waals surface area contributed by atoms with Crippen LogP contribution in [-0.2, 0) is 23.2 Å². The molecule has 2 heterocycles. The van der Waals surface area contributed by atoms with E-state index in [1.807, 2.05) is 0 Å². The average molecular weight is 338 g/mol. The number of sulfonamides is 1. The third kappa shape index (κ3) is 2.16. The fourth-order valence-electron chi connectivity index (χ4n) is 3.34. The van der Waals surface area contributed by atoms with Crippen LogP contribution in [0.2, 0.25) is 0 Å². The van der Waals surface area contributed by atoms with Crippen molar-refractivity contribution in [1.29, 1.82) is 0 Å². The highest BCUT2D eigenvalue weighted by Crippen LogP contribution is 2.48. The molecule has 2 N–H and O–H groups in total. The highest BCUT2D eigenvalue weighted by molar-refractivity contribution is 7.89. The van der Waals surface area contributed by atoms with Crippen molar-refractivity contribution in [3.8, 4) is 0 Å². The standard InChI is InChI=1S/C12H17F3N4O2S/c1-18-10(8(5-17-18)12(13,14)15)22(20,21)19-6-9(16)11(7-19)3-2-4-11/h5,9H,2-4,6-7,16H2,1H3. The van der Waals surface area contributed by atoms with Crippen LogP contribution in [0.5, 0.6) is 0 Å². The fraction of sp³-hybridized carbons (Fsp3) is 0.750. The monoisotopic (exact) mass is 338 g/mol.